The number of aryl methyl sites for hydroxylation is 1. The van der Waals surface area contributed by atoms with E-state index in [0.29, 0.717) is 12.1 Å². The molecule has 158 valence electrons. The minimum atomic E-state index is -1.23. The van der Waals surface area contributed by atoms with Crippen LogP contribution in [0.4, 0.5) is 4.79 Å². The van der Waals surface area contributed by atoms with Gasteiger partial charge in [0.15, 0.2) is 0 Å². The Morgan fingerprint density at radius 3 is 2.42 bits per heavy atom. The maximum Gasteiger partial charge on any atom is 0.325 e. The third-order valence-corrected chi connectivity index (χ3v) is 5.86. The molecule has 1 fully saturated rings. The molecule has 3 aromatic carbocycles. The summed E-state index contributed by atoms with van der Waals surface area (Å²) in [6.45, 7) is 3.80. The van der Waals surface area contributed by atoms with Crippen molar-refractivity contribution in [1.82, 2.24) is 15.1 Å². The van der Waals surface area contributed by atoms with Crippen LogP contribution in [0.5, 0.6) is 0 Å². The molecule has 6 heteroatoms. The summed E-state index contributed by atoms with van der Waals surface area (Å²) in [6, 6.07) is 20.7. The highest BCUT2D eigenvalue weighted by molar-refractivity contribution is 6.10. The molecule has 1 aliphatic heterocycles. The minimum absolute atomic E-state index is 0.298. The number of amides is 4. The molecular weight excluding hydrogens is 390 g/mol. The molecule has 0 aliphatic carbocycles. The predicted octanol–water partition coefficient (Wildman–Crippen LogP) is 3.57. The smallest absolute Gasteiger partial charge is 0.325 e. The number of carbonyl (C=O) groups is 3. The predicted molar refractivity (Wildman–Crippen MR) is 119 cm³/mol. The van der Waals surface area contributed by atoms with Gasteiger partial charge in [-0.1, -0.05) is 72.3 Å². The monoisotopic (exact) mass is 415 g/mol. The Morgan fingerprint density at radius 2 is 1.68 bits per heavy atom. The van der Waals surface area contributed by atoms with Gasteiger partial charge in [-0.25, -0.2) is 4.79 Å². The molecule has 3 aromatic rings. The van der Waals surface area contributed by atoms with Crippen molar-refractivity contribution in [3.8, 4) is 0 Å². The summed E-state index contributed by atoms with van der Waals surface area (Å²) < 4.78 is 0. The number of nitrogens with one attached hydrogen (secondary N) is 1. The zero-order valence-electron chi connectivity index (χ0n) is 17.9. The molecule has 0 radical (unpaired) electrons. The Balaban J connectivity index is 1.54. The van der Waals surface area contributed by atoms with E-state index in [2.05, 4.69) is 5.32 Å². The zero-order chi connectivity index (χ0) is 22.2. The molecule has 4 amide bonds. The highest BCUT2D eigenvalue weighted by atomic mass is 16.2. The average Bonchev–Trinajstić information content (AvgIpc) is 2.98. The summed E-state index contributed by atoms with van der Waals surface area (Å²) in [5, 5.41) is 4.68. The molecule has 0 unspecified atom stereocenters. The van der Waals surface area contributed by atoms with Crippen molar-refractivity contribution in [2.45, 2.75) is 25.9 Å². The van der Waals surface area contributed by atoms with Crippen molar-refractivity contribution >= 4 is 28.6 Å². The van der Waals surface area contributed by atoms with Crippen molar-refractivity contribution in [2.24, 2.45) is 0 Å². The first-order valence-corrected chi connectivity index (χ1v) is 10.2. The number of carbonyl (C=O) groups excluding carboxylic acids is 3. The lowest BCUT2D eigenvalue weighted by molar-refractivity contribution is -0.138. The lowest BCUT2D eigenvalue weighted by Gasteiger charge is -2.24. The van der Waals surface area contributed by atoms with E-state index in [4.69, 9.17) is 0 Å². The summed E-state index contributed by atoms with van der Waals surface area (Å²) >= 11 is 0. The molecule has 0 saturated carbocycles. The van der Waals surface area contributed by atoms with E-state index in [1.807, 2.05) is 73.7 Å². The van der Waals surface area contributed by atoms with Gasteiger partial charge in [-0.05, 0) is 35.7 Å². The van der Waals surface area contributed by atoms with Gasteiger partial charge in [0.25, 0.3) is 5.91 Å². The van der Waals surface area contributed by atoms with Gasteiger partial charge >= 0.3 is 6.03 Å². The van der Waals surface area contributed by atoms with Gasteiger partial charge in [0.2, 0.25) is 5.91 Å². The van der Waals surface area contributed by atoms with Crippen LogP contribution in [0.15, 0.2) is 66.7 Å². The van der Waals surface area contributed by atoms with Gasteiger partial charge in [-0.2, -0.15) is 0 Å². The Hall–Kier alpha value is -3.67. The summed E-state index contributed by atoms with van der Waals surface area (Å²) in [5.74, 6) is -0.725. The Morgan fingerprint density at radius 1 is 1.00 bits per heavy atom. The SMILES string of the molecule is Cc1ccc(CN(C)C(=O)CN2C(=O)N[C@@](C)(c3cccc4ccccc34)C2=O)cc1. The molecular formula is C25H25N3O3. The van der Waals surface area contributed by atoms with Crippen molar-refractivity contribution in [3.63, 3.8) is 0 Å². The molecule has 1 atom stereocenters. The molecule has 4 rings (SSSR count). The van der Waals surface area contributed by atoms with Crippen LogP contribution < -0.4 is 5.32 Å². The van der Waals surface area contributed by atoms with Gasteiger partial charge in [-0.3, -0.25) is 14.5 Å². The molecule has 0 aromatic heterocycles. The van der Waals surface area contributed by atoms with Gasteiger partial charge in [0.05, 0.1) is 0 Å². The zero-order valence-corrected chi connectivity index (χ0v) is 17.9. The molecule has 0 bridgehead atoms. The first kappa shape index (κ1) is 20.6. The van der Waals surface area contributed by atoms with E-state index in [1.54, 1.807) is 14.0 Å². The van der Waals surface area contributed by atoms with Crippen molar-refractivity contribution in [2.75, 3.05) is 13.6 Å². The van der Waals surface area contributed by atoms with E-state index >= 15 is 0 Å². The average molecular weight is 415 g/mol. The van der Waals surface area contributed by atoms with E-state index < -0.39 is 17.5 Å². The summed E-state index contributed by atoms with van der Waals surface area (Å²) in [6.07, 6.45) is 0. The van der Waals surface area contributed by atoms with Gasteiger partial charge < -0.3 is 10.2 Å². The second-order valence-electron chi connectivity index (χ2n) is 8.21. The van der Waals surface area contributed by atoms with E-state index in [-0.39, 0.29) is 12.5 Å². The van der Waals surface area contributed by atoms with Crippen LogP contribution in [0.3, 0.4) is 0 Å². The van der Waals surface area contributed by atoms with Crippen molar-refractivity contribution in [1.29, 1.82) is 0 Å². The number of imide groups is 1. The van der Waals surface area contributed by atoms with Crippen LogP contribution in [0.1, 0.15) is 23.6 Å². The number of urea groups is 1. The van der Waals surface area contributed by atoms with Gasteiger partial charge in [0.1, 0.15) is 12.1 Å². The molecule has 31 heavy (non-hydrogen) atoms. The summed E-state index contributed by atoms with van der Waals surface area (Å²) in [4.78, 5) is 41.3. The number of fused-ring (bicyclic) bond motifs is 1. The molecule has 1 N–H and O–H groups in total. The third kappa shape index (κ3) is 3.77. The number of benzene rings is 3. The van der Waals surface area contributed by atoms with Gasteiger partial charge in [0, 0.05) is 13.6 Å². The Labute approximate surface area is 181 Å². The number of likely N-dealkylation sites (N-methyl/N-ethyl adjacent to an activating group) is 1. The van der Waals surface area contributed by atoms with Crippen molar-refractivity contribution in [3.05, 3.63) is 83.4 Å². The quantitative estimate of drug-likeness (QED) is 0.648. The Bertz CT molecular complexity index is 1170. The lowest BCUT2D eigenvalue weighted by atomic mass is 9.88. The Kier molecular flexibility index (Phi) is 5.23. The topological polar surface area (TPSA) is 69.7 Å². The maximum atomic E-state index is 13.3. The van der Waals surface area contributed by atoms with E-state index in [1.165, 1.54) is 4.90 Å². The fourth-order valence-electron chi connectivity index (χ4n) is 4.00. The molecule has 1 saturated heterocycles. The molecule has 6 nitrogen and oxygen atoms in total. The highest BCUT2D eigenvalue weighted by Crippen LogP contribution is 2.33. The number of hydrogen-bond acceptors (Lipinski definition) is 3. The van der Waals surface area contributed by atoms with Crippen LogP contribution >= 0.6 is 0 Å². The second-order valence-corrected chi connectivity index (χ2v) is 8.21. The molecule has 1 aliphatic rings. The fourth-order valence-corrected chi connectivity index (χ4v) is 4.00. The fraction of sp³-hybridized carbons (Fsp3) is 0.240. The van der Waals surface area contributed by atoms with Crippen LogP contribution in [-0.4, -0.2) is 41.2 Å². The normalized spacial score (nSPS) is 18.4. The largest absolute Gasteiger partial charge is 0.340 e. The van der Waals surface area contributed by atoms with Crippen LogP contribution in [0.2, 0.25) is 0 Å². The van der Waals surface area contributed by atoms with E-state index in [0.717, 1.165) is 26.8 Å². The molecule has 1 heterocycles. The van der Waals surface area contributed by atoms with Crippen LogP contribution in [-0.2, 0) is 21.7 Å². The number of nitrogens with zero attached hydrogens (tertiary/aromatic N) is 2. The summed E-state index contributed by atoms with van der Waals surface area (Å²) in [5.41, 5.74) is 1.62. The van der Waals surface area contributed by atoms with Crippen molar-refractivity contribution < 1.29 is 14.4 Å². The van der Waals surface area contributed by atoms with Crippen LogP contribution in [0.25, 0.3) is 10.8 Å². The first-order valence-electron chi connectivity index (χ1n) is 10.2. The first-order chi connectivity index (χ1) is 14.8. The van der Waals surface area contributed by atoms with Crippen LogP contribution in [0, 0.1) is 6.92 Å². The second kappa shape index (κ2) is 7.87. The number of rotatable bonds is 5. The lowest BCUT2D eigenvalue weighted by Crippen LogP contribution is -2.43. The number of hydrogen-bond donors (Lipinski definition) is 1. The maximum absolute atomic E-state index is 13.3. The standard InChI is InChI=1S/C25H25N3O3/c1-17-11-13-18(14-12-17)15-27(3)22(29)16-28-23(30)25(2,26-24(28)31)21-10-6-8-19-7-4-5-9-20(19)21/h4-14H,15-16H2,1-3H3,(H,26,31)/t25-/m0/s1. The summed E-state index contributed by atoms with van der Waals surface area (Å²) in [7, 11) is 1.67. The molecule has 0 spiro atoms. The minimum Gasteiger partial charge on any atom is -0.340 e. The van der Waals surface area contributed by atoms with E-state index in [9.17, 15) is 14.4 Å². The van der Waals surface area contributed by atoms with Gasteiger partial charge in [-0.15, -0.1) is 0 Å². The third-order valence-electron chi connectivity index (χ3n) is 5.86. The highest BCUT2D eigenvalue weighted by Gasteiger charge is 2.50.